The number of carbonyl (C=O) groups is 1. The van der Waals surface area contributed by atoms with Crippen molar-refractivity contribution in [2.75, 3.05) is 33.5 Å². The topological polar surface area (TPSA) is 110 Å². The molecule has 2 atom stereocenters. The molecule has 0 heterocycles. The van der Waals surface area contributed by atoms with Gasteiger partial charge in [0.1, 0.15) is 0 Å². The highest BCUT2D eigenvalue weighted by Crippen LogP contribution is 2.74. The molecule has 0 saturated heterocycles. The first-order valence-electron chi connectivity index (χ1n) is 14.5. The van der Waals surface area contributed by atoms with E-state index in [9.17, 15) is 13.9 Å². The molecule has 0 unspecified atom stereocenters. The Morgan fingerprint density at radius 1 is 0.705 bits per heavy atom. The van der Waals surface area contributed by atoms with Crippen LogP contribution in [0.5, 0.6) is 0 Å². The molecule has 3 aromatic carbocycles. The summed E-state index contributed by atoms with van der Waals surface area (Å²) in [6.07, 6.45) is 0. The van der Waals surface area contributed by atoms with Crippen LogP contribution in [0.25, 0.3) is 0 Å². The van der Waals surface area contributed by atoms with E-state index >= 15 is 0 Å². The summed E-state index contributed by atoms with van der Waals surface area (Å²) < 4.78 is 58.2. The first-order chi connectivity index (χ1) is 21.2. The molecule has 44 heavy (non-hydrogen) atoms. The van der Waals surface area contributed by atoms with Crippen molar-refractivity contribution in [3.05, 3.63) is 107 Å². The highest BCUT2D eigenvalue weighted by Gasteiger charge is 2.58. The van der Waals surface area contributed by atoms with Crippen LogP contribution in [-0.4, -0.2) is 56.7 Å². The van der Waals surface area contributed by atoms with Crippen molar-refractivity contribution < 1.29 is 36.8 Å². The largest absolute Gasteiger partial charge is 0.467 e. The summed E-state index contributed by atoms with van der Waals surface area (Å²) in [4.78, 5) is 18.9. The quantitative estimate of drug-likeness (QED) is 0.0805. The molecule has 0 aliphatic rings. The summed E-state index contributed by atoms with van der Waals surface area (Å²) in [7, 11) is -7.48. The fourth-order valence-corrected chi connectivity index (χ4v) is 10.9. The second kappa shape index (κ2) is 17.2. The van der Waals surface area contributed by atoms with Crippen LogP contribution >= 0.6 is 26.8 Å². The van der Waals surface area contributed by atoms with Gasteiger partial charge in [-0.1, -0.05) is 84.4 Å². The molecule has 0 saturated carbocycles. The average Bonchev–Trinajstić information content (AvgIpc) is 3.02. The number of esters is 1. The van der Waals surface area contributed by atoms with Crippen LogP contribution in [0.1, 0.15) is 50.3 Å². The van der Waals surface area contributed by atoms with E-state index in [2.05, 4.69) is 0 Å². The Morgan fingerprint density at radius 2 is 1.11 bits per heavy atom. The standard InChI is InChI=1S/C32H40ClNO8P2/c1-6-39-43(36,40-7-2)32(44(37,41-8-3)42-9-4)28(24-20-22-27(33)23-21-24)30(31(35)38-5)34-29(25-16-12-10-13-17-25)26-18-14-11-15-19-26/h10-23,28,30,32H,6-9H2,1-5H3/t28-,30+/m1/s1. The molecule has 0 aromatic heterocycles. The first-order valence-corrected chi connectivity index (χ1v) is 18.1. The third-order valence-corrected chi connectivity index (χ3v) is 13.0. The van der Waals surface area contributed by atoms with Crippen LogP contribution in [0.15, 0.2) is 89.9 Å². The van der Waals surface area contributed by atoms with Gasteiger partial charge in [0, 0.05) is 22.1 Å². The Morgan fingerprint density at radius 3 is 1.48 bits per heavy atom. The fourth-order valence-electron chi connectivity index (χ4n) is 4.92. The lowest BCUT2D eigenvalue weighted by Crippen LogP contribution is -2.37. The zero-order valence-electron chi connectivity index (χ0n) is 25.6. The van der Waals surface area contributed by atoms with E-state index in [-0.39, 0.29) is 26.4 Å². The van der Waals surface area contributed by atoms with Gasteiger partial charge in [-0.15, -0.1) is 0 Å². The number of ether oxygens (including phenoxy) is 1. The normalized spacial score (nSPS) is 13.3. The molecule has 0 bridgehead atoms. The van der Waals surface area contributed by atoms with E-state index in [1.165, 1.54) is 7.11 Å². The zero-order valence-corrected chi connectivity index (χ0v) is 28.2. The van der Waals surface area contributed by atoms with Gasteiger partial charge in [-0.05, 0) is 45.4 Å². The number of halogens is 1. The van der Waals surface area contributed by atoms with Crippen LogP contribution < -0.4 is 0 Å². The number of rotatable bonds is 17. The molecule has 0 aliphatic heterocycles. The van der Waals surface area contributed by atoms with Gasteiger partial charge >= 0.3 is 21.2 Å². The molecule has 3 rings (SSSR count). The van der Waals surface area contributed by atoms with Crippen molar-refractivity contribution in [1.82, 2.24) is 0 Å². The molecular formula is C32H40ClNO8P2. The molecular weight excluding hydrogens is 624 g/mol. The lowest BCUT2D eigenvalue weighted by Gasteiger charge is -2.38. The first kappa shape index (κ1) is 35.9. The van der Waals surface area contributed by atoms with Crippen molar-refractivity contribution in [2.24, 2.45) is 4.99 Å². The molecule has 238 valence electrons. The van der Waals surface area contributed by atoms with Gasteiger partial charge in [-0.25, -0.2) is 4.79 Å². The highest BCUT2D eigenvalue weighted by atomic mass is 35.5. The summed E-state index contributed by atoms with van der Waals surface area (Å²) >= 11 is 6.26. The van der Waals surface area contributed by atoms with Gasteiger partial charge in [0.2, 0.25) is 0 Å². The Hall–Kier alpha value is -2.61. The third-order valence-electron chi connectivity index (χ3n) is 6.61. The predicted molar refractivity (Wildman–Crippen MR) is 174 cm³/mol. The molecule has 12 heteroatoms. The summed E-state index contributed by atoms with van der Waals surface area (Å²) in [6, 6.07) is 23.8. The van der Waals surface area contributed by atoms with Crippen LogP contribution in [-0.2, 0) is 36.8 Å². The summed E-state index contributed by atoms with van der Waals surface area (Å²) in [5.41, 5.74) is 2.33. The van der Waals surface area contributed by atoms with E-state index in [0.717, 1.165) is 11.1 Å². The lowest BCUT2D eigenvalue weighted by atomic mass is 9.92. The monoisotopic (exact) mass is 663 g/mol. The number of methoxy groups -OCH3 is 1. The van der Waals surface area contributed by atoms with Crippen molar-refractivity contribution in [3.63, 3.8) is 0 Å². The Balaban J connectivity index is 2.49. The van der Waals surface area contributed by atoms with Crippen LogP contribution in [0.3, 0.4) is 0 Å². The maximum absolute atomic E-state index is 14.8. The summed E-state index contributed by atoms with van der Waals surface area (Å²) in [5, 5.41) is -1.19. The molecule has 0 N–H and O–H groups in total. The molecule has 3 aromatic rings. The summed E-state index contributed by atoms with van der Waals surface area (Å²) in [5.74, 6) is -2.01. The lowest BCUT2D eigenvalue weighted by molar-refractivity contribution is -0.142. The van der Waals surface area contributed by atoms with Crippen LogP contribution in [0.2, 0.25) is 5.02 Å². The van der Waals surface area contributed by atoms with Gasteiger partial charge in [0.05, 0.1) is 39.2 Å². The predicted octanol–water partition coefficient (Wildman–Crippen LogP) is 8.36. The second-order valence-corrected chi connectivity index (χ2v) is 14.6. The minimum Gasteiger partial charge on any atom is -0.467 e. The molecule has 0 radical (unpaired) electrons. The van der Waals surface area contributed by atoms with Crippen molar-refractivity contribution in [2.45, 2.75) is 45.1 Å². The molecule has 0 fully saturated rings. The second-order valence-electron chi connectivity index (χ2n) is 9.42. The molecule has 0 amide bonds. The van der Waals surface area contributed by atoms with Gasteiger partial charge in [0.15, 0.2) is 11.4 Å². The Labute approximate surface area is 265 Å². The summed E-state index contributed by atoms with van der Waals surface area (Å²) in [6.45, 7) is 6.43. The number of aliphatic imine (C=N–C) groups is 1. The highest BCUT2D eigenvalue weighted by molar-refractivity contribution is 7.72. The van der Waals surface area contributed by atoms with Gasteiger partial charge in [0.25, 0.3) is 0 Å². The number of nitrogens with zero attached hydrogens (tertiary/aromatic N) is 1. The molecule has 0 spiro atoms. The van der Waals surface area contributed by atoms with Crippen molar-refractivity contribution in [1.29, 1.82) is 0 Å². The van der Waals surface area contributed by atoms with Gasteiger partial charge < -0.3 is 22.8 Å². The van der Waals surface area contributed by atoms with E-state index in [1.807, 2.05) is 60.7 Å². The minimum atomic E-state index is -4.36. The van der Waals surface area contributed by atoms with E-state index in [4.69, 9.17) is 39.4 Å². The third kappa shape index (κ3) is 8.76. The van der Waals surface area contributed by atoms with E-state index in [1.54, 1.807) is 52.0 Å². The smallest absolute Gasteiger partial charge is 0.346 e. The van der Waals surface area contributed by atoms with E-state index < -0.39 is 38.5 Å². The maximum atomic E-state index is 14.8. The Kier molecular flexibility index (Phi) is 14.0. The number of hydrogen-bond acceptors (Lipinski definition) is 9. The van der Waals surface area contributed by atoms with Crippen molar-refractivity contribution >= 4 is 38.5 Å². The molecule has 9 nitrogen and oxygen atoms in total. The Bertz CT molecular complexity index is 1360. The van der Waals surface area contributed by atoms with Crippen LogP contribution in [0.4, 0.5) is 0 Å². The SMILES string of the molecule is CCOP(=O)(OCC)C([C@H](c1ccc(Cl)cc1)[C@H](N=C(c1ccccc1)c1ccccc1)C(=O)OC)P(=O)(OCC)OCC. The zero-order chi connectivity index (χ0) is 32.2. The minimum absolute atomic E-state index is 0.0369. The average molecular weight is 664 g/mol. The molecule has 0 aliphatic carbocycles. The maximum Gasteiger partial charge on any atom is 0.346 e. The van der Waals surface area contributed by atoms with Crippen LogP contribution in [0, 0.1) is 0 Å². The number of benzene rings is 3. The van der Waals surface area contributed by atoms with E-state index in [0.29, 0.717) is 16.3 Å². The van der Waals surface area contributed by atoms with Gasteiger partial charge in [-0.3, -0.25) is 14.1 Å². The van der Waals surface area contributed by atoms with Crippen molar-refractivity contribution in [3.8, 4) is 0 Å². The van der Waals surface area contributed by atoms with Gasteiger partial charge in [-0.2, -0.15) is 0 Å². The number of hydrogen-bond donors (Lipinski definition) is 0. The fraction of sp³-hybridized carbons (Fsp3) is 0.375. The number of carbonyl (C=O) groups excluding carboxylic acids is 1.